The summed E-state index contributed by atoms with van der Waals surface area (Å²) in [6.45, 7) is 3.71. The van der Waals surface area contributed by atoms with Crippen LogP contribution in [0.4, 0.5) is 16.2 Å². The monoisotopic (exact) mass is 551 g/mol. The molecule has 212 valence electrons. The number of urea groups is 1. The zero-order chi connectivity index (χ0) is 28.2. The van der Waals surface area contributed by atoms with Gasteiger partial charge in [-0.3, -0.25) is 9.69 Å². The van der Waals surface area contributed by atoms with Gasteiger partial charge in [-0.2, -0.15) is 5.10 Å². The van der Waals surface area contributed by atoms with Crippen LogP contribution in [0.25, 0.3) is 0 Å². The minimum Gasteiger partial charge on any atom is -0.489 e. The van der Waals surface area contributed by atoms with E-state index in [4.69, 9.17) is 14.6 Å². The highest BCUT2D eigenvalue weighted by atomic mass is 16.5. The topological polar surface area (TPSA) is 71.4 Å². The number of fused-ring (bicyclic) bond motifs is 1. The smallest absolute Gasteiger partial charge is 0.349 e. The van der Waals surface area contributed by atoms with Crippen molar-refractivity contribution in [2.75, 3.05) is 18.1 Å². The Morgan fingerprint density at radius 1 is 0.951 bits per heavy atom. The molecule has 7 nitrogen and oxygen atoms in total. The maximum atomic E-state index is 14.5. The van der Waals surface area contributed by atoms with Gasteiger partial charge in [0.1, 0.15) is 18.6 Å². The Morgan fingerprint density at radius 3 is 2.39 bits per heavy atom. The predicted molar refractivity (Wildman–Crippen MR) is 160 cm³/mol. The second-order valence-corrected chi connectivity index (χ2v) is 11.2. The van der Waals surface area contributed by atoms with E-state index in [0.717, 1.165) is 78.7 Å². The van der Waals surface area contributed by atoms with Gasteiger partial charge in [0.05, 0.1) is 23.1 Å². The van der Waals surface area contributed by atoms with E-state index in [1.165, 1.54) is 6.42 Å². The number of anilines is 2. The van der Waals surface area contributed by atoms with Crippen molar-refractivity contribution < 1.29 is 19.1 Å². The number of aryl methyl sites for hydroxylation is 1. The fourth-order valence-electron chi connectivity index (χ4n) is 6.17. The first kappa shape index (κ1) is 27.2. The molecule has 1 aliphatic carbocycles. The first-order valence-corrected chi connectivity index (χ1v) is 14.8. The summed E-state index contributed by atoms with van der Waals surface area (Å²) in [4.78, 5) is 27.7. The van der Waals surface area contributed by atoms with Gasteiger partial charge in [0, 0.05) is 30.3 Å². The molecule has 41 heavy (non-hydrogen) atoms. The zero-order valence-electron chi connectivity index (χ0n) is 23.6. The van der Waals surface area contributed by atoms with Crippen molar-refractivity contribution in [2.45, 2.75) is 64.5 Å². The van der Waals surface area contributed by atoms with Gasteiger partial charge in [-0.1, -0.05) is 49.6 Å². The molecule has 0 aromatic heterocycles. The molecule has 2 heterocycles. The molecule has 1 saturated carbocycles. The summed E-state index contributed by atoms with van der Waals surface area (Å²) in [7, 11) is 0. The maximum Gasteiger partial charge on any atom is 0.349 e. The summed E-state index contributed by atoms with van der Waals surface area (Å²) < 4.78 is 12.0. The molecule has 0 unspecified atom stereocenters. The molecular formula is C34H37N3O4. The van der Waals surface area contributed by atoms with Crippen molar-refractivity contribution in [1.82, 2.24) is 5.01 Å². The number of carbonyl (C=O) groups excluding carboxylic acids is 2. The Labute approximate surface area is 241 Å². The third-order valence-electron chi connectivity index (χ3n) is 8.47. The summed E-state index contributed by atoms with van der Waals surface area (Å²) in [6.07, 6.45) is 7.95. The molecular weight excluding hydrogens is 514 g/mol. The van der Waals surface area contributed by atoms with Crippen molar-refractivity contribution in [3.63, 3.8) is 0 Å². The van der Waals surface area contributed by atoms with E-state index in [1.807, 2.05) is 37.3 Å². The number of carbonyl (C=O) groups is 2. The number of rotatable bonds is 7. The van der Waals surface area contributed by atoms with Crippen LogP contribution in [-0.2, 0) is 11.3 Å². The van der Waals surface area contributed by atoms with Gasteiger partial charge >= 0.3 is 6.03 Å². The number of hydrogen-bond donors (Lipinski definition) is 0. The fraction of sp³-hybridized carbons (Fsp3) is 0.382. The fourth-order valence-corrected chi connectivity index (χ4v) is 6.17. The van der Waals surface area contributed by atoms with E-state index in [1.54, 1.807) is 22.0 Å². The molecule has 6 rings (SSSR count). The molecule has 0 atom stereocenters. The van der Waals surface area contributed by atoms with Crippen molar-refractivity contribution in [3.8, 4) is 5.75 Å². The Morgan fingerprint density at radius 2 is 1.68 bits per heavy atom. The summed E-state index contributed by atoms with van der Waals surface area (Å²) in [5.74, 6) is 1.05. The summed E-state index contributed by atoms with van der Waals surface area (Å²) in [5, 5.41) is 6.96. The molecule has 0 N–H and O–H groups in total. The molecule has 0 radical (unpaired) electrons. The number of amides is 2. The second kappa shape index (κ2) is 12.3. The quantitative estimate of drug-likeness (QED) is 0.287. The van der Waals surface area contributed by atoms with Crippen molar-refractivity contribution in [1.29, 1.82) is 0 Å². The van der Waals surface area contributed by atoms with Crippen LogP contribution in [0.5, 0.6) is 5.75 Å². The lowest BCUT2D eigenvalue weighted by Crippen LogP contribution is -2.45. The van der Waals surface area contributed by atoms with Crippen LogP contribution >= 0.6 is 0 Å². The van der Waals surface area contributed by atoms with Crippen LogP contribution in [0.1, 0.15) is 72.0 Å². The van der Waals surface area contributed by atoms with Crippen LogP contribution in [0.15, 0.2) is 71.8 Å². The number of benzene rings is 3. The molecule has 0 spiro atoms. The van der Waals surface area contributed by atoms with Crippen molar-refractivity contribution in [2.24, 2.45) is 11.0 Å². The molecule has 3 aromatic carbocycles. The summed E-state index contributed by atoms with van der Waals surface area (Å²) in [5.41, 5.74) is 6.03. The molecule has 0 bridgehead atoms. The Balaban J connectivity index is 1.49. The minimum atomic E-state index is -0.180. The molecule has 3 aliphatic rings. The van der Waals surface area contributed by atoms with Gasteiger partial charge in [-0.25, -0.2) is 9.80 Å². The number of ether oxygens (including phenoxy) is 2. The van der Waals surface area contributed by atoms with Gasteiger partial charge in [0.25, 0.3) is 0 Å². The van der Waals surface area contributed by atoms with E-state index in [9.17, 15) is 9.59 Å². The number of hydrazone groups is 1. The van der Waals surface area contributed by atoms with Gasteiger partial charge < -0.3 is 9.47 Å². The van der Waals surface area contributed by atoms with Crippen molar-refractivity contribution >= 4 is 29.4 Å². The van der Waals surface area contributed by atoms with Gasteiger partial charge in [-0.05, 0) is 80.1 Å². The highest BCUT2D eigenvalue weighted by molar-refractivity contribution is 6.14. The van der Waals surface area contributed by atoms with Crippen LogP contribution in [0, 0.1) is 12.8 Å². The number of nitrogens with zero attached hydrogens (tertiary/aromatic N) is 3. The van der Waals surface area contributed by atoms with Crippen LogP contribution in [-0.4, -0.2) is 42.3 Å². The average Bonchev–Trinajstić information content (AvgIpc) is 3.15. The second-order valence-electron chi connectivity index (χ2n) is 11.2. The number of aldehydes is 1. The van der Waals surface area contributed by atoms with Gasteiger partial charge in [0.2, 0.25) is 0 Å². The molecule has 2 aliphatic heterocycles. The normalized spacial score (nSPS) is 18.5. The zero-order valence-corrected chi connectivity index (χ0v) is 23.6. The molecule has 2 fully saturated rings. The third kappa shape index (κ3) is 5.77. The lowest BCUT2D eigenvalue weighted by Gasteiger charge is -2.33. The first-order valence-electron chi connectivity index (χ1n) is 14.8. The largest absolute Gasteiger partial charge is 0.489 e. The SMILES string of the molecule is Cc1cc2c(cc1OCc1ccccc1)C(C1CCCCC1)=NN(C1CCOCC1)C(=O)N2c1ccc(C=O)cc1. The first-order chi connectivity index (χ1) is 20.1. The lowest BCUT2D eigenvalue weighted by atomic mass is 9.82. The van der Waals surface area contributed by atoms with E-state index in [2.05, 4.69) is 24.3 Å². The van der Waals surface area contributed by atoms with E-state index in [0.29, 0.717) is 31.1 Å². The van der Waals surface area contributed by atoms with E-state index >= 15 is 0 Å². The molecule has 3 aromatic rings. The molecule has 7 heteroatoms. The minimum absolute atomic E-state index is 0.0456. The highest BCUT2D eigenvalue weighted by Crippen LogP contribution is 2.41. The number of hydrogen-bond acceptors (Lipinski definition) is 5. The Kier molecular flexibility index (Phi) is 8.14. The lowest BCUT2D eigenvalue weighted by molar-refractivity contribution is 0.0480. The summed E-state index contributed by atoms with van der Waals surface area (Å²) in [6, 6.07) is 21.3. The summed E-state index contributed by atoms with van der Waals surface area (Å²) >= 11 is 0. The molecule has 1 saturated heterocycles. The van der Waals surface area contributed by atoms with Crippen molar-refractivity contribution in [3.05, 3.63) is 89.0 Å². The predicted octanol–water partition coefficient (Wildman–Crippen LogP) is 7.42. The van der Waals surface area contributed by atoms with E-state index in [-0.39, 0.29) is 18.0 Å². The average molecular weight is 552 g/mol. The third-order valence-corrected chi connectivity index (χ3v) is 8.47. The van der Waals surface area contributed by atoms with Gasteiger partial charge in [0.15, 0.2) is 0 Å². The van der Waals surface area contributed by atoms with Crippen LogP contribution in [0.3, 0.4) is 0 Å². The Bertz CT molecular complexity index is 1410. The van der Waals surface area contributed by atoms with E-state index < -0.39 is 0 Å². The van der Waals surface area contributed by atoms with Crippen LogP contribution < -0.4 is 9.64 Å². The highest BCUT2D eigenvalue weighted by Gasteiger charge is 2.38. The molecule has 2 amide bonds. The maximum absolute atomic E-state index is 14.5. The Hall–Kier alpha value is -3.97. The van der Waals surface area contributed by atoms with Crippen LogP contribution in [0.2, 0.25) is 0 Å². The standard InChI is InChI=1S/C34H37N3O4/c1-24-20-31-30(21-32(24)41-23-26-8-4-2-5-9-26)33(27-10-6-3-7-11-27)35-37(29-16-18-40-19-17-29)34(39)36(31)28-14-12-25(22-38)13-15-28/h2,4-5,8-9,12-15,20-22,27,29H,3,6-7,10-11,16-19,23H2,1H3. The van der Waals surface area contributed by atoms with Gasteiger partial charge in [-0.15, -0.1) is 0 Å².